The molecule has 0 spiro atoms. The highest BCUT2D eigenvalue weighted by molar-refractivity contribution is 7.99. The third kappa shape index (κ3) is 4.78. The molecule has 0 radical (unpaired) electrons. The van der Waals surface area contributed by atoms with Gasteiger partial charge in [-0.15, -0.1) is 11.8 Å². The fraction of sp³-hybridized carbons (Fsp3) is 0.176. The molecule has 3 aromatic rings. The zero-order valence-corrected chi connectivity index (χ0v) is 17.5. The Morgan fingerprint density at radius 1 is 1.26 bits per heavy atom. The Labute approximate surface area is 170 Å². The van der Waals surface area contributed by atoms with Gasteiger partial charge in [-0.3, -0.25) is 4.72 Å². The predicted octanol–water partition coefficient (Wildman–Crippen LogP) is 5.29. The van der Waals surface area contributed by atoms with Crippen LogP contribution in [0.2, 0.25) is 5.02 Å². The summed E-state index contributed by atoms with van der Waals surface area (Å²) in [6, 6.07) is 10.9. The van der Waals surface area contributed by atoms with Crippen LogP contribution < -0.4 is 4.72 Å². The second-order valence-electron chi connectivity index (χ2n) is 5.64. The summed E-state index contributed by atoms with van der Waals surface area (Å²) in [6.07, 6.45) is 0. The molecule has 0 aliphatic carbocycles. The van der Waals surface area contributed by atoms with Gasteiger partial charge in [0.15, 0.2) is 5.82 Å². The number of thioether (sulfide) groups is 1. The maximum atomic E-state index is 13.3. The number of nitrogens with zero attached hydrogens (tertiary/aromatic N) is 2. The predicted molar refractivity (Wildman–Crippen MR) is 108 cm³/mol. The standard InChI is InChI=1S/C17H15ClFN3O2S3/c1-10-14(18)7-4-8-15(10)27(23,24)22-17-20-16(21-26-17)11(2)25-13-6-3-5-12(19)9-13/h3-9,11H,1-2H3,(H,20,21,22). The molecule has 27 heavy (non-hydrogen) atoms. The summed E-state index contributed by atoms with van der Waals surface area (Å²) >= 11 is 8.35. The third-order valence-corrected chi connectivity index (χ3v) is 7.40. The number of hydrogen-bond donors (Lipinski definition) is 1. The van der Waals surface area contributed by atoms with Crippen molar-refractivity contribution in [1.29, 1.82) is 0 Å². The largest absolute Gasteiger partial charge is 0.264 e. The van der Waals surface area contributed by atoms with Crippen molar-refractivity contribution in [2.75, 3.05) is 4.72 Å². The molecule has 1 unspecified atom stereocenters. The van der Waals surface area contributed by atoms with E-state index >= 15 is 0 Å². The fourth-order valence-electron chi connectivity index (χ4n) is 2.29. The second kappa shape index (κ2) is 8.14. The zero-order valence-electron chi connectivity index (χ0n) is 14.3. The van der Waals surface area contributed by atoms with Crippen LogP contribution in [-0.4, -0.2) is 17.8 Å². The summed E-state index contributed by atoms with van der Waals surface area (Å²) in [6.45, 7) is 3.51. The van der Waals surface area contributed by atoms with Gasteiger partial charge in [0.2, 0.25) is 5.13 Å². The molecule has 0 aliphatic heterocycles. The molecule has 3 rings (SSSR count). The average Bonchev–Trinajstić information content (AvgIpc) is 3.05. The molecule has 0 aliphatic rings. The van der Waals surface area contributed by atoms with E-state index in [4.69, 9.17) is 11.6 Å². The lowest BCUT2D eigenvalue weighted by Gasteiger charge is -2.09. The van der Waals surface area contributed by atoms with E-state index in [0.717, 1.165) is 16.4 Å². The quantitative estimate of drug-likeness (QED) is 0.524. The third-order valence-electron chi connectivity index (χ3n) is 3.64. The normalized spacial score (nSPS) is 12.7. The van der Waals surface area contributed by atoms with Gasteiger partial charge >= 0.3 is 0 Å². The van der Waals surface area contributed by atoms with Crippen LogP contribution in [0, 0.1) is 12.7 Å². The van der Waals surface area contributed by atoms with Crippen LogP contribution in [0.1, 0.15) is 23.6 Å². The number of nitrogens with one attached hydrogen (secondary N) is 1. The summed E-state index contributed by atoms with van der Waals surface area (Å²) in [5.41, 5.74) is 0.464. The maximum absolute atomic E-state index is 13.3. The van der Waals surface area contributed by atoms with Crippen LogP contribution in [0.4, 0.5) is 9.52 Å². The van der Waals surface area contributed by atoms with E-state index in [0.29, 0.717) is 16.4 Å². The molecule has 0 saturated heterocycles. The van der Waals surface area contributed by atoms with Crippen molar-refractivity contribution < 1.29 is 12.8 Å². The monoisotopic (exact) mass is 443 g/mol. The van der Waals surface area contributed by atoms with Crippen LogP contribution in [0.15, 0.2) is 52.3 Å². The number of halogens is 2. The van der Waals surface area contributed by atoms with E-state index in [1.807, 2.05) is 6.92 Å². The van der Waals surface area contributed by atoms with Crippen molar-refractivity contribution in [3.8, 4) is 0 Å². The van der Waals surface area contributed by atoms with Crippen LogP contribution in [0.5, 0.6) is 0 Å². The highest BCUT2D eigenvalue weighted by Crippen LogP contribution is 2.35. The minimum Gasteiger partial charge on any atom is -0.253 e. The van der Waals surface area contributed by atoms with Crippen molar-refractivity contribution in [1.82, 2.24) is 9.36 Å². The molecule has 1 atom stereocenters. The Hall–Kier alpha value is -1.68. The van der Waals surface area contributed by atoms with Gasteiger partial charge < -0.3 is 0 Å². The Kier molecular flexibility index (Phi) is 6.05. The highest BCUT2D eigenvalue weighted by Gasteiger charge is 2.21. The van der Waals surface area contributed by atoms with Gasteiger partial charge in [0.25, 0.3) is 10.0 Å². The summed E-state index contributed by atoms with van der Waals surface area (Å²) in [7, 11) is -3.83. The van der Waals surface area contributed by atoms with E-state index in [1.165, 1.54) is 30.0 Å². The lowest BCUT2D eigenvalue weighted by molar-refractivity contribution is 0.600. The van der Waals surface area contributed by atoms with E-state index in [-0.39, 0.29) is 21.1 Å². The minimum absolute atomic E-state index is 0.0916. The molecule has 1 N–H and O–H groups in total. The molecular weight excluding hydrogens is 429 g/mol. The molecule has 0 amide bonds. The Morgan fingerprint density at radius 3 is 2.74 bits per heavy atom. The summed E-state index contributed by atoms with van der Waals surface area (Å²) < 4.78 is 45.2. The number of anilines is 1. The fourth-order valence-corrected chi connectivity index (χ4v) is 5.69. The maximum Gasteiger partial charge on any atom is 0.264 e. The van der Waals surface area contributed by atoms with Crippen molar-refractivity contribution in [2.24, 2.45) is 0 Å². The van der Waals surface area contributed by atoms with Crippen molar-refractivity contribution in [3.05, 3.63) is 64.7 Å². The second-order valence-corrected chi connectivity index (χ2v) is 9.87. The van der Waals surface area contributed by atoms with Crippen LogP contribution >= 0.6 is 34.9 Å². The van der Waals surface area contributed by atoms with E-state index in [1.54, 1.807) is 31.2 Å². The molecule has 1 aromatic heterocycles. The number of hydrogen-bond acceptors (Lipinski definition) is 6. The van der Waals surface area contributed by atoms with Gasteiger partial charge in [-0.25, -0.2) is 17.8 Å². The highest BCUT2D eigenvalue weighted by atomic mass is 35.5. The molecule has 0 saturated carbocycles. The van der Waals surface area contributed by atoms with E-state index < -0.39 is 10.0 Å². The molecule has 0 fully saturated rings. The molecule has 0 bridgehead atoms. The SMILES string of the molecule is Cc1c(Cl)cccc1S(=O)(=O)Nc1nc(C(C)Sc2cccc(F)c2)ns1. The first-order valence-corrected chi connectivity index (χ1v) is 11.3. The molecule has 1 heterocycles. The topological polar surface area (TPSA) is 72.0 Å². The van der Waals surface area contributed by atoms with Gasteiger partial charge in [0, 0.05) is 21.5 Å². The van der Waals surface area contributed by atoms with Gasteiger partial charge in [0.05, 0.1) is 10.1 Å². The van der Waals surface area contributed by atoms with Crippen LogP contribution in [-0.2, 0) is 10.0 Å². The summed E-state index contributed by atoms with van der Waals surface area (Å²) in [5.74, 6) is 0.151. The first kappa shape index (κ1) is 20.1. The smallest absolute Gasteiger partial charge is 0.253 e. The Morgan fingerprint density at radius 2 is 2.00 bits per heavy atom. The van der Waals surface area contributed by atoms with E-state index in [2.05, 4.69) is 14.1 Å². The molecular formula is C17H15ClFN3O2S3. The number of sulfonamides is 1. The van der Waals surface area contributed by atoms with Crippen LogP contribution in [0.3, 0.4) is 0 Å². The van der Waals surface area contributed by atoms with Gasteiger partial charge in [-0.2, -0.15) is 4.37 Å². The van der Waals surface area contributed by atoms with Crippen molar-refractivity contribution in [2.45, 2.75) is 28.9 Å². The first-order chi connectivity index (χ1) is 12.8. The number of rotatable bonds is 6. The zero-order chi connectivity index (χ0) is 19.6. The summed E-state index contributed by atoms with van der Waals surface area (Å²) in [5, 5.41) is 0.362. The van der Waals surface area contributed by atoms with Gasteiger partial charge in [-0.05, 0) is 49.7 Å². The van der Waals surface area contributed by atoms with Crippen molar-refractivity contribution >= 4 is 50.1 Å². The van der Waals surface area contributed by atoms with E-state index in [9.17, 15) is 12.8 Å². The lowest BCUT2D eigenvalue weighted by atomic mass is 10.2. The molecule has 5 nitrogen and oxygen atoms in total. The average molecular weight is 444 g/mol. The molecule has 142 valence electrons. The molecule has 2 aromatic carbocycles. The Balaban J connectivity index is 1.76. The first-order valence-electron chi connectivity index (χ1n) is 7.80. The summed E-state index contributed by atoms with van der Waals surface area (Å²) in [4.78, 5) is 5.10. The van der Waals surface area contributed by atoms with Crippen molar-refractivity contribution in [3.63, 3.8) is 0 Å². The molecule has 10 heteroatoms. The lowest BCUT2D eigenvalue weighted by Crippen LogP contribution is -2.14. The number of benzene rings is 2. The van der Waals surface area contributed by atoms with Gasteiger partial charge in [-0.1, -0.05) is 23.7 Å². The Bertz CT molecular complexity index is 1070. The number of aromatic nitrogens is 2. The van der Waals surface area contributed by atoms with Gasteiger partial charge in [0.1, 0.15) is 5.82 Å². The minimum atomic E-state index is -3.83. The van der Waals surface area contributed by atoms with Crippen LogP contribution in [0.25, 0.3) is 0 Å².